The summed E-state index contributed by atoms with van der Waals surface area (Å²) in [5.41, 5.74) is 0. The first-order valence-electron chi connectivity index (χ1n) is 6.72. The lowest BCUT2D eigenvalue weighted by Gasteiger charge is -2.19. The summed E-state index contributed by atoms with van der Waals surface area (Å²) in [6, 6.07) is 3.66. The highest BCUT2D eigenvalue weighted by Crippen LogP contribution is 2.44. The summed E-state index contributed by atoms with van der Waals surface area (Å²) in [5.74, 6) is 2.13. The molecule has 4 heteroatoms. The Kier molecular flexibility index (Phi) is 3.02. The molecule has 2 aliphatic carbocycles. The van der Waals surface area contributed by atoms with Crippen LogP contribution in [0, 0.1) is 11.8 Å². The molecule has 0 aromatic carbocycles. The number of carbonyl (C=O) groups excluding carboxylic acids is 1. The summed E-state index contributed by atoms with van der Waals surface area (Å²) in [5, 5.41) is 3.12. The zero-order valence-electron chi connectivity index (χ0n) is 10.6. The third-order valence-electron chi connectivity index (χ3n) is 4.41. The highest BCUT2D eigenvalue weighted by Gasteiger charge is 2.39. The maximum Gasteiger partial charge on any atom is 0.287 e. The fraction of sp³-hybridized carbons (Fsp3) is 0.643. The van der Waals surface area contributed by atoms with Crippen LogP contribution < -0.4 is 10.1 Å². The second kappa shape index (κ2) is 4.67. The molecule has 0 unspecified atom stereocenters. The molecule has 0 spiro atoms. The first-order chi connectivity index (χ1) is 8.78. The highest BCUT2D eigenvalue weighted by molar-refractivity contribution is 5.91. The van der Waals surface area contributed by atoms with Crippen molar-refractivity contribution >= 4 is 5.91 Å². The lowest BCUT2D eigenvalue weighted by Crippen LogP contribution is -2.37. The number of furan rings is 1. The molecule has 3 atom stereocenters. The van der Waals surface area contributed by atoms with Crippen LogP contribution in [0.4, 0.5) is 0 Å². The van der Waals surface area contributed by atoms with Crippen LogP contribution in [-0.4, -0.2) is 19.1 Å². The van der Waals surface area contributed by atoms with E-state index >= 15 is 0 Å². The molecule has 1 heterocycles. The predicted octanol–water partition coefficient (Wildman–Crippen LogP) is 2.60. The van der Waals surface area contributed by atoms with Gasteiger partial charge in [-0.25, -0.2) is 0 Å². The van der Waals surface area contributed by atoms with E-state index < -0.39 is 0 Å². The molecule has 1 N–H and O–H groups in total. The topological polar surface area (TPSA) is 51.5 Å². The van der Waals surface area contributed by atoms with Crippen LogP contribution in [0.5, 0.6) is 5.95 Å². The molecular formula is C14H19NO3. The quantitative estimate of drug-likeness (QED) is 0.895. The zero-order valence-corrected chi connectivity index (χ0v) is 10.6. The van der Waals surface area contributed by atoms with E-state index in [9.17, 15) is 4.79 Å². The van der Waals surface area contributed by atoms with Gasteiger partial charge < -0.3 is 14.5 Å². The Morgan fingerprint density at radius 3 is 3.00 bits per heavy atom. The van der Waals surface area contributed by atoms with Crippen molar-refractivity contribution in [1.82, 2.24) is 5.32 Å². The van der Waals surface area contributed by atoms with E-state index in [0.29, 0.717) is 23.7 Å². The Bertz CT molecular complexity index is 440. The van der Waals surface area contributed by atoms with Crippen LogP contribution in [-0.2, 0) is 0 Å². The number of ether oxygens (including phenoxy) is 1. The van der Waals surface area contributed by atoms with Gasteiger partial charge in [0.05, 0.1) is 7.11 Å². The van der Waals surface area contributed by atoms with Crippen molar-refractivity contribution in [3.05, 3.63) is 17.9 Å². The molecule has 0 bridgehead atoms. The smallest absolute Gasteiger partial charge is 0.287 e. The van der Waals surface area contributed by atoms with Gasteiger partial charge in [0.2, 0.25) is 0 Å². The Labute approximate surface area is 107 Å². The third-order valence-corrected chi connectivity index (χ3v) is 4.41. The average molecular weight is 249 g/mol. The third kappa shape index (κ3) is 2.00. The zero-order chi connectivity index (χ0) is 12.5. The van der Waals surface area contributed by atoms with Gasteiger partial charge in [-0.15, -0.1) is 0 Å². The van der Waals surface area contributed by atoms with Gasteiger partial charge >= 0.3 is 0 Å². The van der Waals surface area contributed by atoms with Gasteiger partial charge in [-0.2, -0.15) is 0 Å². The fourth-order valence-corrected chi connectivity index (χ4v) is 3.53. The minimum Gasteiger partial charge on any atom is -0.468 e. The molecule has 0 aliphatic heterocycles. The van der Waals surface area contributed by atoms with Crippen LogP contribution in [0.3, 0.4) is 0 Å². The maximum atomic E-state index is 12.1. The van der Waals surface area contributed by atoms with Crippen LogP contribution in [0.25, 0.3) is 0 Å². The van der Waals surface area contributed by atoms with Gasteiger partial charge in [0.1, 0.15) is 0 Å². The molecule has 2 aliphatic rings. The average Bonchev–Trinajstić information content (AvgIpc) is 3.05. The maximum absolute atomic E-state index is 12.1. The number of hydrogen-bond donors (Lipinski definition) is 1. The van der Waals surface area contributed by atoms with Crippen LogP contribution in [0.2, 0.25) is 0 Å². The first-order valence-corrected chi connectivity index (χ1v) is 6.72. The van der Waals surface area contributed by atoms with Crippen LogP contribution >= 0.6 is 0 Å². The predicted molar refractivity (Wildman–Crippen MR) is 66.6 cm³/mol. The van der Waals surface area contributed by atoms with Crippen molar-refractivity contribution in [2.45, 2.75) is 38.1 Å². The standard InChI is InChI=1S/C14H19NO3/c1-17-13-8-7-12(18-13)14(16)15-11-6-5-9-3-2-4-10(9)11/h7-11H,2-6H2,1H3,(H,15,16)/t9-,10-,11-/m1/s1. The molecule has 3 rings (SSSR count). The van der Waals surface area contributed by atoms with E-state index in [1.807, 2.05) is 0 Å². The number of methoxy groups -OCH3 is 1. The van der Waals surface area contributed by atoms with E-state index in [-0.39, 0.29) is 5.91 Å². The molecule has 2 fully saturated rings. The van der Waals surface area contributed by atoms with Gasteiger partial charge in [-0.1, -0.05) is 12.8 Å². The summed E-state index contributed by atoms with van der Waals surface area (Å²) in [4.78, 5) is 12.1. The second-order valence-corrected chi connectivity index (χ2v) is 5.33. The van der Waals surface area contributed by atoms with E-state index in [4.69, 9.17) is 9.15 Å². The summed E-state index contributed by atoms with van der Waals surface area (Å²) >= 11 is 0. The Balaban J connectivity index is 1.64. The Morgan fingerprint density at radius 1 is 1.33 bits per heavy atom. The normalized spacial score (nSPS) is 30.2. The molecule has 98 valence electrons. The number of carbonyl (C=O) groups is 1. The van der Waals surface area contributed by atoms with Gasteiger partial charge in [0, 0.05) is 12.1 Å². The van der Waals surface area contributed by atoms with E-state index in [1.54, 1.807) is 12.1 Å². The van der Waals surface area contributed by atoms with Crippen molar-refractivity contribution in [2.24, 2.45) is 11.8 Å². The molecule has 1 aromatic rings. The lowest BCUT2D eigenvalue weighted by molar-refractivity contribution is 0.0892. The van der Waals surface area contributed by atoms with Gasteiger partial charge in [-0.3, -0.25) is 4.79 Å². The Hall–Kier alpha value is -1.45. The fourth-order valence-electron chi connectivity index (χ4n) is 3.53. The van der Waals surface area contributed by atoms with Crippen LogP contribution in [0.1, 0.15) is 42.7 Å². The van der Waals surface area contributed by atoms with Gasteiger partial charge in [-0.05, 0) is 37.2 Å². The second-order valence-electron chi connectivity index (χ2n) is 5.33. The van der Waals surface area contributed by atoms with Crippen molar-refractivity contribution in [1.29, 1.82) is 0 Å². The van der Waals surface area contributed by atoms with Crippen molar-refractivity contribution in [3.8, 4) is 5.95 Å². The molecule has 0 radical (unpaired) electrons. The molecule has 2 saturated carbocycles. The summed E-state index contributed by atoms with van der Waals surface area (Å²) in [7, 11) is 1.53. The summed E-state index contributed by atoms with van der Waals surface area (Å²) < 4.78 is 10.2. The molecule has 0 saturated heterocycles. The number of nitrogens with one attached hydrogen (secondary N) is 1. The SMILES string of the molecule is COc1ccc(C(=O)N[C@@H]2CC[C@H]3CCC[C@H]32)o1. The first kappa shape index (κ1) is 11.6. The van der Waals surface area contributed by atoms with Gasteiger partial charge in [0.15, 0.2) is 5.76 Å². The van der Waals surface area contributed by atoms with Crippen LogP contribution in [0.15, 0.2) is 16.5 Å². The van der Waals surface area contributed by atoms with Crippen molar-refractivity contribution in [3.63, 3.8) is 0 Å². The number of hydrogen-bond acceptors (Lipinski definition) is 3. The number of amides is 1. The lowest BCUT2D eigenvalue weighted by atomic mass is 9.97. The highest BCUT2D eigenvalue weighted by atomic mass is 16.6. The summed E-state index contributed by atoms with van der Waals surface area (Å²) in [6.45, 7) is 0. The molecular weight excluding hydrogens is 230 g/mol. The molecule has 18 heavy (non-hydrogen) atoms. The van der Waals surface area contributed by atoms with Gasteiger partial charge in [0.25, 0.3) is 11.9 Å². The number of fused-ring (bicyclic) bond motifs is 1. The van der Waals surface area contributed by atoms with E-state index in [2.05, 4.69) is 5.32 Å². The van der Waals surface area contributed by atoms with Crippen molar-refractivity contribution < 1.29 is 13.9 Å². The summed E-state index contributed by atoms with van der Waals surface area (Å²) in [6.07, 6.45) is 6.29. The monoisotopic (exact) mass is 249 g/mol. The van der Waals surface area contributed by atoms with E-state index in [0.717, 1.165) is 12.3 Å². The van der Waals surface area contributed by atoms with Crippen molar-refractivity contribution in [2.75, 3.05) is 7.11 Å². The minimum atomic E-state index is -0.115. The molecule has 1 aromatic heterocycles. The van der Waals surface area contributed by atoms with E-state index in [1.165, 1.54) is 32.8 Å². The largest absolute Gasteiger partial charge is 0.468 e. The Morgan fingerprint density at radius 2 is 2.22 bits per heavy atom. The minimum absolute atomic E-state index is 0.115. The molecule has 1 amide bonds. The number of rotatable bonds is 3. The molecule has 4 nitrogen and oxygen atoms in total.